The summed E-state index contributed by atoms with van der Waals surface area (Å²) in [6, 6.07) is 19.2. The first-order valence-corrected chi connectivity index (χ1v) is 8.24. The van der Waals surface area contributed by atoms with E-state index in [0.29, 0.717) is 6.54 Å². The van der Waals surface area contributed by atoms with E-state index in [1.165, 1.54) is 6.33 Å². The number of nitrogens with one attached hydrogen (secondary N) is 2. The summed E-state index contributed by atoms with van der Waals surface area (Å²) in [5.74, 6) is 0.383. The van der Waals surface area contributed by atoms with Gasteiger partial charge in [-0.25, -0.2) is 9.97 Å². The number of hydrogen-bond acceptors (Lipinski definition) is 6. The molecule has 0 fully saturated rings. The molecule has 26 heavy (non-hydrogen) atoms. The van der Waals surface area contributed by atoms with E-state index in [1.807, 2.05) is 67.6 Å². The van der Waals surface area contributed by atoms with Crippen LogP contribution in [-0.2, 0) is 6.54 Å². The van der Waals surface area contributed by atoms with Crippen molar-refractivity contribution in [2.45, 2.75) is 19.5 Å². The Morgan fingerprint density at radius 1 is 1.00 bits per heavy atom. The van der Waals surface area contributed by atoms with Crippen molar-refractivity contribution < 1.29 is 4.92 Å². The maximum Gasteiger partial charge on any atom is 0.353 e. The van der Waals surface area contributed by atoms with Gasteiger partial charge in [-0.05, 0) is 18.1 Å². The summed E-state index contributed by atoms with van der Waals surface area (Å²) in [5.41, 5.74) is 1.86. The second-order valence-electron chi connectivity index (χ2n) is 5.79. The molecule has 0 aliphatic carbocycles. The summed E-state index contributed by atoms with van der Waals surface area (Å²) in [6.07, 6.45) is 1.32. The van der Waals surface area contributed by atoms with Gasteiger partial charge in [-0.3, -0.25) is 10.1 Å². The fraction of sp³-hybridized carbons (Fsp3) is 0.158. The number of anilines is 2. The van der Waals surface area contributed by atoms with E-state index < -0.39 is 4.92 Å². The molecular weight excluding hydrogens is 330 g/mol. The first-order chi connectivity index (χ1) is 12.6. The minimum absolute atomic E-state index is 0.133. The van der Waals surface area contributed by atoms with Gasteiger partial charge in [-0.15, -0.1) is 0 Å². The molecule has 132 valence electrons. The summed E-state index contributed by atoms with van der Waals surface area (Å²) in [4.78, 5) is 19.3. The van der Waals surface area contributed by atoms with Crippen LogP contribution in [0.4, 0.5) is 17.3 Å². The Hall–Kier alpha value is -3.48. The highest BCUT2D eigenvalue weighted by atomic mass is 16.6. The van der Waals surface area contributed by atoms with Crippen LogP contribution < -0.4 is 10.6 Å². The first-order valence-electron chi connectivity index (χ1n) is 8.24. The molecule has 0 amide bonds. The van der Waals surface area contributed by atoms with Crippen molar-refractivity contribution in [2.75, 3.05) is 10.6 Å². The maximum absolute atomic E-state index is 11.6. The van der Waals surface area contributed by atoms with Crippen LogP contribution in [0, 0.1) is 10.1 Å². The third-order valence-corrected chi connectivity index (χ3v) is 3.96. The van der Waals surface area contributed by atoms with Gasteiger partial charge in [0, 0.05) is 6.54 Å². The third kappa shape index (κ3) is 4.13. The Morgan fingerprint density at radius 2 is 1.62 bits per heavy atom. The molecule has 7 nitrogen and oxygen atoms in total. The van der Waals surface area contributed by atoms with Gasteiger partial charge in [-0.1, -0.05) is 60.7 Å². The van der Waals surface area contributed by atoms with Gasteiger partial charge in [0.1, 0.15) is 6.33 Å². The number of benzene rings is 2. The Labute approximate surface area is 151 Å². The summed E-state index contributed by atoms with van der Waals surface area (Å²) in [7, 11) is 0. The molecule has 3 aromatic rings. The molecular formula is C19H19N5O2. The van der Waals surface area contributed by atoms with Crippen LogP contribution in [0.3, 0.4) is 0 Å². The monoisotopic (exact) mass is 349 g/mol. The largest absolute Gasteiger partial charge is 0.360 e. The Kier molecular flexibility index (Phi) is 5.38. The van der Waals surface area contributed by atoms with Crippen LogP contribution in [0.15, 0.2) is 67.0 Å². The molecule has 0 saturated carbocycles. The number of hydrogen-bond donors (Lipinski definition) is 2. The quantitative estimate of drug-likeness (QED) is 0.491. The predicted octanol–water partition coefficient (Wildman–Crippen LogP) is 4.17. The fourth-order valence-electron chi connectivity index (χ4n) is 2.60. The first kappa shape index (κ1) is 17.3. The van der Waals surface area contributed by atoms with Crippen molar-refractivity contribution in [1.29, 1.82) is 0 Å². The van der Waals surface area contributed by atoms with Crippen LogP contribution >= 0.6 is 0 Å². The van der Waals surface area contributed by atoms with Gasteiger partial charge >= 0.3 is 5.69 Å². The average molecular weight is 349 g/mol. The van der Waals surface area contributed by atoms with Crippen molar-refractivity contribution in [3.05, 3.63) is 88.2 Å². The lowest BCUT2D eigenvalue weighted by Gasteiger charge is -2.15. The highest BCUT2D eigenvalue weighted by molar-refractivity contribution is 5.69. The molecule has 1 heterocycles. The molecule has 0 bridgehead atoms. The Balaban J connectivity index is 1.83. The molecule has 1 unspecified atom stereocenters. The van der Waals surface area contributed by atoms with Crippen LogP contribution in [0.1, 0.15) is 24.1 Å². The van der Waals surface area contributed by atoms with E-state index in [0.717, 1.165) is 11.1 Å². The van der Waals surface area contributed by atoms with E-state index in [1.54, 1.807) is 0 Å². The number of rotatable bonds is 7. The normalized spacial score (nSPS) is 11.6. The van der Waals surface area contributed by atoms with E-state index in [4.69, 9.17) is 0 Å². The smallest absolute Gasteiger partial charge is 0.353 e. The van der Waals surface area contributed by atoms with Crippen LogP contribution in [0.2, 0.25) is 0 Å². The minimum Gasteiger partial charge on any atom is -0.360 e. The van der Waals surface area contributed by atoms with Gasteiger partial charge in [0.25, 0.3) is 0 Å². The van der Waals surface area contributed by atoms with Gasteiger partial charge < -0.3 is 10.6 Å². The lowest BCUT2D eigenvalue weighted by molar-refractivity contribution is -0.383. The molecule has 3 rings (SSSR count). The highest BCUT2D eigenvalue weighted by Crippen LogP contribution is 2.31. The summed E-state index contributed by atoms with van der Waals surface area (Å²) >= 11 is 0. The number of nitrogens with zero attached hydrogens (tertiary/aromatic N) is 3. The van der Waals surface area contributed by atoms with Crippen molar-refractivity contribution in [1.82, 2.24) is 9.97 Å². The zero-order valence-electron chi connectivity index (χ0n) is 14.3. The third-order valence-electron chi connectivity index (χ3n) is 3.96. The van der Waals surface area contributed by atoms with E-state index in [-0.39, 0.29) is 23.4 Å². The fourth-order valence-corrected chi connectivity index (χ4v) is 2.60. The zero-order chi connectivity index (χ0) is 18.4. The molecule has 7 heteroatoms. The molecule has 0 spiro atoms. The van der Waals surface area contributed by atoms with Gasteiger partial charge in [0.2, 0.25) is 11.6 Å². The number of nitro groups is 1. The highest BCUT2D eigenvalue weighted by Gasteiger charge is 2.24. The van der Waals surface area contributed by atoms with Gasteiger partial charge in [0.05, 0.1) is 11.0 Å². The van der Waals surface area contributed by atoms with Crippen molar-refractivity contribution >= 4 is 17.3 Å². The molecule has 0 aliphatic rings. The second kappa shape index (κ2) is 8.06. The van der Waals surface area contributed by atoms with Crippen LogP contribution in [-0.4, -0.2) is 14.9 Å². The van der Waals surface area contributed by atoms with Crippen molar-refractivity contribution in [2.24, 2.45) is 0 Å². The predicted molar refractivity (Wildman–Crippen MR) is 101 cm³/mol. The van der Waals surface area contributed by atoms with Gasteiger partial charge in [-0.2, -0.15) is 0 Å². The molecule has 0 radical (unpaired) electrons. The molecule has 1 atom stereocenters. The van der Waals surface area contributed by atoms with Crippen molar-refractivity contribution in [3.63, 3.8) is 0 Å². The topological polar surface area (TPSA) is 93.0 Å². The summed E-state index contributed by atoms with van der Waals surface area (Å²) in [5, 5.41) is 17.8. The van der Waals surface area contributed by atoms with Gasteiger partial charge in [0.15, 0.2) is 0 Å². The lowest BCUT2D eigenvalue weighted by atomic mass is 10.1. The minimum atomic E-state index is -0.465. The standard InChI is InChI=1S/C19H19N5O2/c1-14(16-10-6-3-7-11-16)23-19-17(24(25)26)18(21-13-22-19)20-12-15-8-4-2-5-9-15/h2-11,13-14H,12H2,1H3,(H2,20,21,22,23). The average Bonchev–Trinajstić information content (AvgIpc) is 2.67. The molecule has 1 aromatic heterocycles. The van der Waals surface area contributed by atoms with Crippen LogP contribution in [0.5, 0.6) is 0 Å². The molecule has 0 saturated heterocycles. The number of aromatic nitrogens is 2. The maximum atomic E-state index is 11.6. The Morgan fingerprint density at radius 3 is 2.27 bits per heavy atom. The van der Waals surface area contributed by atoms with E-state index >= 15 is 0 Å². The van der Waals surface area contributed by atoms with E-state index in [2.05, 4.69) is 20.6 Å². The van der Waals surface area contributed by atoms with E-state index in [9.17, 15) is 10.1 Å². The van der Waals surface area contributed by atoms with Crippen molar-refractivity contribution in [3.8, 4) is 0 Å². The Bertz CT molecular complexity index is 872. The second-order valence-corrected chi connectivity index (χ2v) is 5.79. The lowest BCUT2D eigenvalue weighted by Crippen LogP contribution is -2.12. The summed E-state index contributed by atoms with van der Waals surface area (Å²) < 4.78 is 0. The van der Waals surface area contributed by atoms with Crippen LogP contribution in [0.25, 0.3) is 0 Å². The molecule has 0 aliphatic heterocycles. The molecule has 2 N–H and O–H groups in total. The zero-order valence-corrected chi connectivity index (χ0v) is 14.3. The SMILES string of the molecule is CC(Nc1ncnc(NCc2ccccc2)c1[N+](=O)[O-])c1ccccc1. The summed E-state index contributed by atoms with van der Waals surface area (Å²) in [6.45, 7) is 2.37. The molecule has 2 aromatic carbocycles.